The van der Waals surface area contributed by atoms with E-state index in [-0.39, 0.29) is 5.91 Å². The second kappa shape index (κ2) is 5.12. The number of amides is 1. The molecular weight excluding hydrogens is 250 g/mol. The Bertz CT molecular complexity index is 653. The predicted octanol–water partition coefficient (Wildman–Crippen LogP) is 2.69. The summed E-state index contributed by atoms with van der Waals surface area (Å²) in [5, 5.41) is 0.966. The summed E-state index contributed by atoms with van der Waals surface area (Å²) < 4.78 is 0. The number of carbonyl (C=O) groups is 1. The summed E-state index contributed by atoms with van der Waals surface area (Å²) in [5.41, 5.74) is 7.76. The van der Waals surface area contributed by atoms with Gasteiger partial charge in [0.2, 0.25) is 0 Å². The number of para-hydroxylation sites is 1. The van der Waals surface area contributed by atoms with Gasteiger partial charge in [-0.1, -0.05) is 25.1 Å². The van der Waals surface area contributed by atoms with E-state index < -0.39 is 0 Å². The van der Waals surface area contributed by atoms with Gasteiger partial charge >= 0.3 is 0 Å². The number of nitrogens with zero attached hydrogens (tertiary/aromatic N) is 2. The van der Waals surface area contributed by atoms with E-state index >= 15 is 0 Å². The number of hydrogen-bond acceptors (Lipinski definition) is 3. The smallest absolute Gasteiger partial charge is 0.272 e. The van der Waals surface area contributed by atoms with Crippen molar-refractivity contribution < 1.29 is 4.79 Å². The Balaban J connectivity index is 1.93. The molecule has 20 heavy (non-hydrogen) atoms. The highest BCUT2D eigenvalue weighted by atomic mass is 16.2. The van der Waals surface area contributed by atoms with Crippen LogP contribution in [0.5, 0.6) is 0 Å². The molecule has 3 rings (SSSR count). The number of nitrogen functional groups attached to an aromatic ring is 1. The van der Waals surface area contributed by atoms with Crippen LogP contribution in [0.2, 0.25) is 0 Å². The summed E-state index contributed by atoms with van der Waals surface area (Å²) in [7, 11) is 0. The van der Waals surface area contributed by atoms with E-state index in [1.165, 1.54) is 6.42 Å². The molecule has 0 spiro atoms. The molecule has 1 aliphatic rings. The van der Waals surface area contributed by atoms with E-state index in [0.717, 1.165) is 24.9 Å². The van der Waals surface area contributed by atoms with Gasteiger partial charge in [0.25, 0.3) is 5.91 Å². The zero-order chi connectivity index (χ0) is 14.1. The van der Waals surface area contributed by atoms with Gasteiger partial charge in [-0.25, -0.2) is 4.98 Å². The van der Waals surface area contributed by atoms with E-state index in [2.05, 4.69) is 11.9 Å². The fourth-order valence-electron chi connectivity index (χ4n) is 2.82. The maximum absolute atomic E-state index is 12.5. The molecule has 1 fully saturated rings. The quantitative estimate of drug-likeness (QED) is 0.810. The molecule has 1 aromatic heterocycles. The Hall–Kier alpha value is -2.10. The largest absolute Gasteiger partial charge is 0.397 e. The minimum atomic E-state index is 0.0155. The molecule has 0 bridgehead atoms. The predicted molar refractivity (Wildman–Crippen MR) is 80.5 cm³/mol. The number of aromatic nitrogens is 1. The first-order chi connectivity index (χ1) is 9.65. The number of anilines is 1. The fourth-order valence-corrected chi connectivity index (χ4v) is 2.82. The Kier molecular flexibility index (Phi) is 3.30. The van der Waals surface area contributed by atoms with Crippen LogP contribution in [0, 0.1) is 5.92 Å². The van der Waals surface area contributed by atoms with Crippen LogP contribution in [0.4, 0.5) is 5.69 Å². The molecule has 2 heterocycles. The van der Waals surface area contributed by atoms with Crippen molar-refractivity contribution in [1.82, 2.24) is 9.88 Å². The van der Waals surface area contributed by atoms with Crippen LogP contribution < -0.4 is 5.73 Å². The van der Waals surface area contributed by atoms with E-state index in [1.807, 2.05) is 29.2 Å². The summed E-state index contributed by atoms with van der Waals surface area (Å²) >= 11 is 0. The van der Waals surface area contributed by atoms with Crippen molar-refractivity contribution >= 4 is 22.5 Å². The Morgan fingerprint density at radius 2 is 2.20 bits per heavy atom. The first-order valence-corrected chi connectivity index (χ1v) is 7.09. The molecule has 1 aliphatic heterocycles. The fraction of sp³-hybridized carbons (Fsp3) is 0.375. The number of hydrogen-bond donors (Lipinski definition) is 1. The van der Waals surface area contributed by atoms with Gasteiger partial charge in [-0.3, -0.25) is 4.79 Å². The Morgan fingerprint density at radius 3 is 3.00 bits per heavy atom. The van der Waals surface area contributed by atoms with Crippen molar-refractivity contribution in [3.05, 3.63) is 36.0 Å². The molecule has 1 atom stereocenters. The molecule has 2 N–H and O–H groups in total. The van der Waals surface area contributed by atoms with Gasteiger partial charge in [-0.2, -0.15) is 0 Å². The van der Waals surface area contributed by atoms with E-state index in [9.17, 15) is 4.79 Å². The molecule has 4 heteroatoms. The monoisotopic (exact) mass is 269 g/mol. The third kappa shape index (κ3) is 2.33. The average molecular weight is 269 g/mol. The van der Waals surface area contributed by atoms with Crippen LogP contribution in [0.25, 0.3) is 10.9 Å². The SMILES string of the molecule is CC1CCCN(C(=O)c2ccc3cccc(N)c3n2)C1. The standard InChI is InChI=1S/C16H19N3O/c1-11-4-3-9-19(10-11)16(20)14-8-7-12-5-2-6-13(17)15(12)18-14/h2,5-8,11H,3-4,9-10,17H2,1H3. The molecule has 2 aromatic rings. The van der Waals surface area contributed by atoms with Crippen LogP contribution in [-0.2, 0) is 0 Å². The normalized spacial score (nSPS) is 19.2. The van der Waals surface area contributed by atoms with Gasteiger partial charge in [0, 0.05) is 18.5 Å². The number of benzene rings is 1. The lowest BCUT2D eigenvalue weighted by molar-refractivity contribution is 0.0677. The van der Waals surface area contributed by atoms with Crippen molar-refractivity contribution in [3.63, 3.8) is 0 Å². The van der Waals surface area contributed by atoms with Crippen molar-refractivity contribution in [1.29, 1.82) is 0 Å². The first-order valence-electron chi connectivity index (χ1n) is 7.09. The summed E-state index contributed by atoms with van der Waals surface area (Å²) in [5.74, 6) is 0.583. The maximum Gasteiger partial charge on any atom is 0.272 e. The maximum atomic E-state index is 12.5. The minimum absolute atomic E-state index is 0.0155. The third-order valence-electron chi connectivity index (χ3n) is 3.91. The minimum Gasteiger partial charge on any atom is -0.397 e. The zero-order valence-electron chi connectivity index (χ0n) is 11.7. The van der Waals surface area contributed by atoms with Gasteiger partial charge < -0.3 is 10.6 Å². The highest BCUT2D eigenvalue weighted by Crippen LogP contribution is 2.21. The molecule has 0 saturated carbocycles. The lowest BCUT2D eigenvalue weighted by Crippen LogP contribution is -2.39. The summed E-state index contributed by atoms with van der Waals surface area (Å²) in [6.45, 7) is 3.83. The number of fused-ring (bicyclic) bond motifs is 1. The Morgan fingerprint density at radius 1 is 1.35 bits per heavy atom. The van der Waals surface area contributed by atoms with Crippen LogP contribution >= 0.6 is 0 Å². The van der Waals surface area contributed by atoms with Gasteiger partial charge in [0.15, 0.2) is 0 Å². The van der Waals surface area contributed by atoms with E-state index in [0.29, 0.717) is 22.8 Å². The van der Waals surface area contributed by atoms with E-state index in [1.54, 1.807) is 6.07 Å². The average Bonchev–Trinajstić information content (AvgIpc) is 2.47. The molecule has 104 valence electrons. The van der Waals surface area contributed by atoms with Crippen LogP contribution in [0.15, 0.2) is 30.3 Å². The number of rotatable bonds is 1. The molecule has 1 aromatic carbocycles. The molecule has 4 nitrogen and oxygen atoms in total. The second-order valence-electron chi connectivity index (χ2n) is 5.61. The molecule has 1 saturated heterocycles. The van der Waals surface area contributed by atoms with Gasteiger partial charge in [-0.05, 0) is 30.9 Å². The lowest BCUT2D eigenvalue weighted by atomic mass is 10.00. The molecule has 1 amide bonds. The molecule has 1 unspecified atom stereocenters. The highest BCUT2D eigenvalue weighted by molar-refractivity contribution is 5.97. The summed E-state index contributed by atoms with van der Waals surface area (Å²) in [6, 6.07) is 9.37. The van der Waals surface area contributed by atoms with Crippen molar-refractivity contribution in [2.45, 2.75) is 19.8 Å². The molecule has 0 radical (unpaired) electrons. The highest BCUT2D eigenvalue weighted by Gasteiger charge is 2.23. The van der Waals surface area contributed by atoms with Crippen molar-refractivity contribution in [2.24, 2.45) is 5.92 Å². The molecular formula is C16H19N3O. The topological polar surface area (TPSA) is 59.2 Å². The zero-order valence-corrected chi connectivity index (χ0v) is 11.7. The number of likely N-dealkylation sites (tertiary alicyclic amines) is 1. The lowest BCUT2D eigenvalue weighted by Gasteiger charge is -2.30. The second-order valence-corrected chi connectivity index (χ2v) is 5.61. The van der Waals surface area contributed by atoms with Crippen molar-refractivity contribution in [3.8, 4) is 0 Å². The van der Waals surface area contributed by atoms with Gasteiger partial charge in [0.05, 0.1) is 11.2 Å². The number of nitrogens with two attached hydrogens (primary N) is 1. The van der Waals surface area contributed by atoms with Crippen LogP contribution in [-0.4, -0.2) is 28.9 Å². The molecule has 0 aliphatic carbocycles. The van der Waals surface area contributed by atoms with Gasteiger partial charge in [-0.15, -0.1) is 0 Å². The van der Waals surface area contributed by atoms with E-state index in [4.69, 9.17) is 5.73 Å². The first kappa shape index (κ1) is 12.9. The van der Waals surface area contributed by atoms with Crippen LogP contribution in [0.1, 0.15) is 30.3 Å². The van der Waals surface area contributed by atoms with Crippen molar-refractivity contribution in [2.75, 3.05) is 18.8 Å². The number of carbonyl (C=O) groups excluding carboxylic acids is 1. The Labute approximate surface area is 118 Å². The summed E-state index contributed by atoms with van der Waals surface area (Å²) in [6.07, 6.45) is 2.27. The van der Waals surface area contributed by atoms with Gasteiger partial charge in [0.1, 0.15) is 5.69 Å². The van der Waals surface area contributed by atoms with Crippen LogP contribution in [0.3, 0.4) is 0 Å². The third-order valence-corrected chi connectivity index (χ3v) is 3.91. The summed E-state index contributed by atoms with van der Waals surface area (Å²) in [4.78, 5) is 18.9. The number of pyridine rings is 1. The number of piperidine rings is 1.